The van der Waals surface area contributed by atoms with Gasteiger partial charge in [-0.25, -0.2) is 5.43 Å². The van der Waals surface area contributed by atoms with Crippen LogP contribution in [0.5, 0.6) is 0 Å². The first kappa shape index (κ1) is 16.2. The number of carbonyl (C=O) groups is 1. The molecule has 0 radical (unpaired) electrons. The molecule has 1 aliphatic rings. The van der Waals surface area contributed by atoms with Gasteiger partial charge in [0.2, 0.25) is 18.1 Å². The van der Waals surface area contributed by atoms with Gasteiger partial charge in [0.1, 0.15) is 0 Å². The maximum atomic E-state index is 11.3. The molecule has 0 bridgehead atoms. The zero-order valence-electron chi connectivity index (χ0n) is 12.8. The monoisotopic (exact) mass is 310 g/mol. The Morgan fingerprint density at radius 3 is 2.91 bits per heavy atom. The van der Waals surface area contributed by atoms with Crippen LogP contribution in [-0.4, -0.2) is 24.1 Å². The van der Waals surface area contributed by atoms with Crippen LogP contribution < -0.4 is 16.1 Å². The first-order valence-electron chi connectivity index (χ1n) is 7.19. The fourth-order valence-electron chi connectivity index (χ4n) is 2.19. The summed E-state index contributed by atoms with van der Waals surface area (Å²) in [6, 6.07) is 7.55. The Morgan fingerprint density at radius 1 is 1.57 bits per heavy atom. The van der Waals surface area contributed by atoms with Gasteiger partial charge in [0.15, 0.2) is 0 Å². The number of carbonyl (C=O) groups excluding carboxylic acids is 1. The van der Waals surface area contributed by atoms with Crippen molar-refractivity contribution >= 4 is 23.3 Å². The summed E-state index contributed by atoms with van der Waals surface area (Å²) in [7, 11) is 0. The first-order valence-corrected chi connectivity index (χ1v) is 7.19. The number of anilines is 1. The van der Waals surface area contributed by atoms with Crippen LogP contribution in [0, 0.1) is 17.4 Å². The zero-order chi connectivity index (χ0) is 16.7. The van der Waals surface area contributed by atoms with E-state index in [1.165, 1.54) is 0 Å². The summed E-state index contributed by atoms with van der Waals surface area (Å²) >= 11 is 0. The number of guanidine groups is 1. The quantitative estimate of drug-likeness (QED) is 0.340. The highest BCUT2D eigenvalue weighted by Gasteiger charge is 2.21. The minimum Gasteiger partial charge on any atom is -0.352 e. The lowest BCUT2D eigenvalue weighted by atomic mass is 9.94. The topological polar surface area (TPSA) is 102 Å². The van der Waals surface area contributed by atoms with Gasteiger partial charge >= 0.3 is 0 Å². The van der Waals surface area contributed by atoms with E-state index >= 15 is 0 Å². The number of benzene rings is 1. The second-order valence-corrected chi connectivity index (χ2v) is 5.07. The number of nitrogens with zero attached hydrogens (tertiary/aromatic N) is 3. The second kappa shape index (κ2) is 7.75. The summed E-state index contributed by atoms with van der Waals surface area (Å²) in [4.78, 5) is 15.0. The summed E-state index contributed by atoms with van der Waals surface area (Å²) in [6.07, 6.45) is 3.85. The Balaban J connectivity index is 2.10. The minimum absolute atomic E-state index is 0.0646. The third-order valence-electron chi connectivity index (χ3n) is 3.28. The average Bonchev–Trinajstić information content (AvgIpc) is 2.54. The number of hydrogen-bond acceptors (Lipinski definition) is 4. The van der Waals surface area contributed by atoms with Crippen LogP contribution in [0.2, 0.25) is 0 Å². The Hall–Kier alpha value is -3.14. The Kier molecular flexibility index (Phi) is 5.47. The molecule has 1 atom stereocenters. The van der Waals surface area contributed by atoms with Gasteiger partial charge in [0, 0.05) is 24.6 Å². The third kappa shape index (κ3) is 4.41. The maximum absolute atomic E-state index is 11.3. The smallest absolute Gasteiger partial charge is 0.240 e. The maximum Gasteiger partial charge on any atom is 0.240 e. The average molecular weight is 310 g/mol. The molecule has 7 heteroatoms. The molecule has 1 aromatic carbocycles. The fraction of sp³-hybridized carbons (Fsp3) is 0.250. The predicted molar refractivity (Wildman–Crippen MR) is 89.8 cm³/mol. The molecular weight excluding hydrogens is 292 g/mol. The van der Waals surface area contributed by atoms with Crippen LogP contribution >= 0.6 is 0 Å². The van der Waals surface area contributed by atoms with Gasteiger partial charge < -0.3 is 10.6 Å². The molecule has 0 saturated carbocycles. The molecule has 118 valence electrons. The van der Waals surface area contributed by atoms with Crippen molar-refractivity contribution in [2.75, 3.05) is 11.9 Å². The lowest BCUT2D eigenvalue weighted by Crippen LogP contribution is -2.32. The van der Waals surface area contributed by atoms with Crippen LogP contribution in [0.4, 0.5) is 5.69 Å². The lowest BCUT2D eigenvalue weighted by Gasteiger charge is -2.19. The van der Waals surface area contributed by atoms with Gasteiger partial charge in [0.05, 0.1) is 5.71 Å². The van der Waals surface area contributed by atoms with Crippen LogP contribution in [0.25, 0.3) is 0 Å². The van der Waals surface area contributed by atoms with E-state index < -0.39 is 0 Å². The molecule has 0 saturated heterocycles. The molecule has 23 heavy (non-hydrogen) atoms. The summed E-state index contributed by atoms with van der Waals surface area (Å²) in [5.41, 5.74) is 5.09. The molecule has 2 rings (SSSR count). The van der Waals surface area contributed by atoms with Gasteiger partial charge in [-0.2, -0.15) is 10.4 Å². The number of amides is 1. The van der Waals surface area contributed by atoms with E-state index in [1.54, 1.807) is 12.3 Å². The van der Waals surface area contributed by atoms with Gasteiger partial charge in [-0.15, -0.1) is 11.6 Å². The molecule has 0 aromatic heterocycles. The third-order valence-corrected chi connectivity index (χ3v) is 3.28. The van der Waals surface area contributed by atoms with Crippen molar-refractivity contribution in [3.8, 4) is 6.19 Å². The lowest BCUT2D eigenvalue weighted by molar-refractivity contribution is -0.121. The summed E-state index contributed by atoms with van der Waals surface area (Å²) < 4.78 is 0. The molecule has 0 fully saturated rings. The van der Waals surface area contributed by atoms with Crippen molar-refractivity contribution in [3.63, 3.8) is 0 Å². The highest BCUT2D eigenvalue weighted by molar-refractivity contribution is 6.06. The molecule has 1 heterocycles. The van der Waals surface area contributed by atoms with Gasteiger partial charge in [-0.3, -0.25) is 4.79 Å². The molecule has 1 amide bonds. The predicted octanol–water partition coefficient (Wildman–Crippen LogP) is 1.57. The highest BCUT2D eigenvalue weighted by Crippen LogP contribution is 2.18. The van der Waals surface area contributed by atoms with Crippen molar-refractivity contribution in [2.45, 2.75) is 13.3 Å². The highest BCUT2D eigenvalue weighted by atomic mass is 16.2. The largest absolute Gasteiger partial charge is 0.352 e. The van der Waals surface area contributed by atoms with E-state index in [-0.39, 0.29) is 11.8 Å². The standard InChI is InChI=1S/C16H18N6O/c1-3-8-18-16(19-10-17)20-13-6-4-12(5-7-13)15-11(2)9-14(23)21-22-15/h3-7,11H,1,8-9H2,2H3,(H,21,23)(H2,18,19,20). The number of hydrazone groups is 1. The molecule has 1 unspecified atom stereocenters. The Morgan fingerprint density at radius 2 is 2.30 bits per heavy atom. The van der Waals surface area contributed by atoms with Gasteiger partial charge in [0.25, 0.3) is 0 Å². The summed E-state index contributed by atoms with van der Waals surface area (Å²) in [5.74, 6) is 0.369. The second-order valence-electron chi connectivity index (χ2n) is 5.07. The van der Waals surface area contributed by atoms with Crippen LogP contribution in [0.3, 0.4) is 0 Å². The van der Waals surface area contributed by atoms with Crippen molar-refractivity contribution < 1.29 is 4.79 Å². The van der Waals surface area contributed by atoms with Crippen molar-refractivity contribution in [2.24, 2.45) is 16.0 Å². The van der Waals surface area contributed by atoms with Crippen molar-refractivity contribution in [1.82, 2.24) is 10.7 Å². The molecule has 0 aliphatic carbocycles. The number of hydrogen-bond donors (Lipinski definition) is 3. The number of aliphatic imine (C=N–C) groups is 1. The van der Waals surface area contributed by atoms with Crippen molar-refractivity contribution in [1.29, 1.82) is 5.26 Å². The van der Waals surface area contributed by atoms with Gasteiger partial charge in [-0.05, 0) is 17.7 Å². The minimum atomic E-state index is -0.0646. The Bertz CT molecular complexity index is 684. The first-order chi connectivity index (χ1) is 11.1. The molecule has 1 aliphatic heterocycles. The van der Waals surface area contributed by atoms with Crippen molar-refractivity contribution in [3.05, 3.63) is 42.5 Å². The number of nitriles is 1. The molecule has 0 spiro atoms. The SMILES string of the molecule is C=CCNC(=NC#N)Nc1ccc(C2=NNC(=O)CC2C)cc1. The van der Waals surface area contributed by atoms with E-state index in [0.717, 1.165) is 17.0 Å². The number of nitrogens with one attached hydrogen (secondary N) is 3. The van der Waals surface area contributed by atoms with Crippen LogP contribution in [-0.2, 0) is 4.79 Å². The normalized spacial score (nSPS) is 17.6. The van der Waals surface area contributed by atoms with Crippen LogP contribution in [0.15, 0.2) is 47.0 Å². The van der Waals surface area contributed by atoms with E-state index in [9.17, 15) is 4.79 Å². The molecule has 1 aromatic rings. The Labute approximate surface area is 134 Å². The van der Waals surface area contributed by atoms with E-state index in [0.29, 0.717) is 18.9 Å². The summed E-state index contributed by atoms with van der Waals surface area (Å²) in [6.45, 7) is 6.08. The van der Waals surface area contributed by atoms with Crippen LogP contribution in [0.1, 0.15) is 18.9 Å². The van der Waals surface area contributed by atoms with E-state index in [4.69, 9.17) is 5.26 Å². The molecule has 7 nitrogen and oxygen atoms in total. The van der Waals surface area contributed by atoms with E-state index in [2.05, 4.69) is 32.7 Å². The molecular formula is C16H18N6O. The zero-order valence-corrected chi connectivity index (χ0v) is 12.8. The molecule has 3 N–H and O–H groups in total. The van der Waals surface area contributed by atoms with E-state index in [1.807, 2.05) is 31.2 Å². The number of rotatable bonds is 4. The van der Waals surface area contributed by atoms with Gasteiger partial charge in [-0.1, -0.05) is 25.1 Å². The fourth-order valence-corrected chi connectivity index (χ4v) is 2.19. The summed E-state index contributed by atoms with van der Waals surface area (Å²) in [5, 5.41) is 18.8.